The van der Waals surface area contributed by atoms with Gasteiger partial charge in [-0.3, -0.25) is 4.79 Å². The maximum atomic E-state index is 13.5. The Morgan fingerprint density at radius 2 is 1.84 bits per heavy atom. The third kappa shape index (κ3) is 2.79. The maximum absolute atomic E-state index is 13.5. The minimum Gasteiger partial charge on any atom is -0.288 e. The van der Waals surface area contributed by atoms with Gasteiger partial charge in [0.15, 0.2) is 5.78 Å². The van der Waals surface area contributed by atoms with Crippen molar-refractivity contribution in [1.82, 2.24) is 0 Å². The molecule has 0 N–H and O–H groups in total. The van der Waals surface area contributed by atoms with E-state index in [2.05, 4.69) is 0 Å². The number of rotatable bonds is 2. The first-order valence-electron chi connectivity index (χ1n) is 4.94. The van der Waals surface area contributed by atoms with Crippen LogP contribution in [0.1, 0.15) is 21.5 Å². The summed E-state index contributed by atoms with van der Waals surface area (Å²) in [6.45, 7) is 0. The predicted molar refractivity (Wildman–Crippen MR) is 64.2 cm³/mol. The second-order valence-corrected chi connectivity index (χ2v) is 4.83. The van der Waals surface area contributed by atoms with Crippen molar-refractivity contribution in [2.45, 2.75) is 6.18 Å². The van der Waals surface area contributed by atoms with Gasteiger partial charge in [-0.15, -0.1) is 0 Å². The third-order valence-corrected chi connectivity index (χ3v) is 3.37. The molecule has 0 saturated carbocycles. The molecule has 2 aromatic rings. The lowest BCUT2D eigenvalue weighted by Crippen LogP contribution is -2.12. The SMILES string of the molecule is O=C(c1ccc(Cl)cc1F)c1cscc1C(F)(F)F. The molecule has 0 radical (unpaired) electrons. The van der Waals surface area contributed by atoms with E-state index >= 15 is 0 Å². The van der Waals surface area contributed by atoms with Gasteiger partial charge in [0.05, 0.1) is 11.1 Å². The van der Waals surface area contributed by atoms with Crippen LogP contribution in [0.2, 0.25) is 5.02 Å². The van der Waals surface area contributed by atoms with E-state index in [-0.39, 0.29) is 5.02 Å². The zero-order valence-corrected chi connectivity index (χ0v) is 10.7. The molecule has 0 aliphatic heterocycles. The van der Waals surface area contributed by atoms with Gasteiger partial charge in [0.2, 0.25) is 0 Å². The summed E-state index contributed by atoms with van der Waals surface area (Å²) in [4.78, 5) is 11.9. The molecule has 0 aliphatic carbocycles. The van der Waals surface area contributed by atoms with E-state index in [0.717, 1.165) is 34.2 Å². The normalized spacial score (nSPS) is 11.6. The Balaban J connectivity index is 2.48. The second kappa shape index (κ2) is 4.94. The highest BCUT2D eigenvalue weighted by atomic mass is 35.5. The number of hydrogen-bond donors (Lipinski definition) is 0. The van der Waals surface area contributed by atoms with E-state index in [1.54, 1.807) is 0 Å². The van der Waals surface area contributed by atoms with E-state index in [1.807, 2.05) is 0 Å². The van der Waals surface area contributed by atoms with E-state index < -0.39 is 34.5 Å². The summed E-state index contributed by atoms with van der Waals surface area (Å²) in [5.74, 6) is -1.96. The van der Waals surface area contributed by atoms with E-state index in [1.165, 1.54) is 6.07 Å². The van der Waals surface area contributed by atoms with Crippen molar-refractivity contribution in [3.63, 3.8) is 0 Å². The minimum absolute atomic E-state index is 0.0652. The fraction of sp³-hybridized carbons (Fsp3) is 0.0833. The summed E-state index contributed by atoms with van der Waals surface area (Å²) < 4.78 is 51.5. The van der Waals surface area contributed by atoms with Crippen LogP contribution in [0.25, 0.3) is 0 Å². The molecule has 1 heterocycles. The zero-order valence-electron chi connectivity index (χ0n) is 9.09. The van der Waals surface area contributed by atoms with Crippen LogP contribution in [-0.2, 0) is 6.18 Å². The van der Waals surface area contributed by atoms with Crippen molar-refractivity contribution in [2.75, 3.05) is 0 Å². The molecule has 0 atom stereocenters. The monoisotopic (exact) mass is 308 g/mol. The van der Waals surface area contributed by atoms with Crippen LogP contribution in [-0.4, -0.2) is 5.78 Å². The number of ketones is 1. The highest BCUT2D eigenvalue weighted by molar-refractivity contribution is 7.08. The summed E-state index contributed by atoms with van der Waals surface area (Å²) in [6, 6.07) is 3.20. The number of alkyl halides is 3. The second-order valence-electron chi connectivity index (χ2n) is 3.65. The summed E-state index contributed by atoms with van der Waals surface area (Å²) in [5, 5.41) is 1.94. The lowest BCUT2D eigenvalue weighted by molar-refractivity contribution is -0.137. The molecule has 19 heavy (non-hydrogen) atoms. The van der Waals surface area contributed by atoms with Crippen molar-refractivity contribution in [3.05, 3.63) is 56.5 Å². The number of hydrogen-bond acceptors (Lipinski definition) is 2. The molecule has 0 saturated heterocycles. The first kappa shape index (κ1) is 14.0. The number of carbonyl (C=O) groups excluding carboxylic acids is 1. The predicted octanol–water partition coefficient (Wildman–Crippen LogP) is 4.79. The Kier molecular flexibility index (Phi) is 3.64. The Hall–Kier alpha value is -1.40. The topological polar surface area (TPSA) is 17.1 Å². The van der Waals surface area contributed by atoms with Crippen LogP contribution < -0.4 is 0 Å². The molecule has 1 aromatic carbocycles. The first-order valence-corrected chi connectivity index (χ1v) is 6.26. The van der Waals surface area contributed by atoms with Crippen LogP contribution in [0.4, 0.5) is 17.6 Å². The molecule has 7 heteroatoms. The van der Waals surface area contributed by atoms with Crippen LogP contribution >= 0.6 is 22.9 Å². The summed E-state index contributed by atoms with van der Waals surface area (Å²) in [7, 11) is 0. The van der Waals surface area contributed by atoms with Gasteiger partial charge in [-0.25, -0.2) is 4.39 Å². The molecule has 0 aliphatic rings. The number of halogens is 5. The van der Waals surface area contributed by atoms with Crippen LogP contribution in [0.15, 0.2) is 29.0 Å². The third-order valence-electron chi connectivity index (χ3n) is 2.39. The molecular formula is C12H5ClF4OS. The van der Waals surface area contributed by atoms with Crippen molar-refractivity contribution in [1.29, 1.82) is 0 Å². The van der Waals surface area contributed by atoms with Gasteiger partial charge in [-0.1, -0.05) is 11.6 Å². The molecular weight excluding hydrogens is 304 g/mol. The van der Waals surface area contributed by atoms with Crippen molar-refractivity contribution in [3.8, 4) is 0 Å². The fourth-order valence-corrected chi connectivity index (χ4v) is 2.50. The Labute approximate surface area is 114 Å². The van der Waals surface area contributed by atoms with Gasteiger partial charge in [0.1, 0.15) is 5.82 Å². The molecule has 0 fully saturated rings. The largest absolute Gasteiger partial charge is 0.417 e. The Bertz CT molecular complexity index is 633. The molecule has 0 unspecified atom stereocenters. The minimum atomic E-state index is -4.64. The lowest BCUT2D eigenvalue weighted by Gasteiger charge is -2.08. The number of benzene rings is 1. The Morgan fingerprint density at radius 1 is 1.16 bits per heavy atom. The standard InChI is InChI=1S/C12H5ClF4OS/c13-6-1-2-7(10(14)3-6)11(18)8-4-19-5-9(8)12(15,16)17/h1-5H. The highest BCUT2D eigenvalue weighted by Crippen LogP contribution is 2.35. The lowest BCUT2D eigenvalue weighted by atomic mass is 10.0. The molecule has 0 bridgehead atoms. The van der Waals surface area contributed by atoms with Crippen LogP contribution in [0.5, 0.6) is 0 Å². The highest BCUT2D eigenvalue weighted by Gasteiger charge is 2.36. The average Bonchev–Trinajstić information content (AvgIpc) is 2.76. The zero-order chi connectivity index (χ0) is 14.2. The van der Waals surface area contributed by atoms with Gasteiger partial charge < -0.3 is 0 Å². The van der Waals surface area contributed by atoms with E-state index in [4.69, 9.17) is 11.6 Å². The van der Waals surface area contributed by atoms with E-state index in [9.17, 15) is 22.4 Å². The molecule has 1 aromatic heterocycles. The van der Waals surface area contributed by atoms with Gasteiger partial charge >= 0.3 is 6.18 Å². The first-order chi connectivity index (χ1) is 8.80. The van der Waals surface area contributed by atoms with Crippen molar-refractivity contribution in [2.24, 2.45) is 0 Å². The molecule has 100 valence electrons. The quantitative estimate of drug-likeness (QED) is 0.576. The summed E-state index contributed by atoms with van der Waals surface area (Å²) in [5.41, 5.74) is -2.05. The number of thiophene rings is 1. The molecule has 0 spiro atoms. The smallest absolute Gasteiger partial charge is 0.288 e. The van der Waals surface area contributed by atoms with Crippen LogP contribution in [0, 0.1) is 5.82 Å². The van der Waals surface area contributed by atoms with Gasteiger partial charge in [-0.2, -0.15) is 24.5 Å². The molecule has 1 nitrogen and oxygen atoms in total. The maximum Gasteiger partial charge on any atom is 0.417 e. The van der Waals surface area contributed by atoms with E-state index in [0.29, 0.717) is 0 Å². The van der Waals surface area contributed by atoms with Crippen LogP contribution in [0.3, 0.4) is 0 Å². The van der Waals surface area contributed by atoms with Gasteiger partial charge in [-0.05, 0) is 18.2 Å². The Morgan fingerprint density at radius 3 is 2.42 bits per heavy atom. The number of carbonyl (C=O) groups is 1. The molecule has 0 amide bonds. The van der Waals surface area contributed by atoms with Gasteiger partial charge in [0, 0.05) is 21.3 Å². The molecule has 2 rings (SSSR count). The summed E-state index contributed by atoms with van der Waals surface area (Å²) >= 11 is 6.26. The van der Waals surface area contributed by atoms with Crippen molar-refractivity contribution >= 4 is 28.7 Å². The summed E-state index contributed by atoms with van der Waals surface area (Å²) in [6.07, 6.45) is -4.64. The average molecular weight is 309 g/mol. The van der Waals surface area contributed by atoms with Gasteiger partial charge in [0.25, 0.3) is 0 Å². The van der Waals surface area contributed by atoms with Crippen molar-refractivity contribution < 1.29 is 22.4 Å². The fourth-order valence-electron chi connectivity index (χ4n) is 1.51.